The van der Waals surface area contributed by atoms with Gasteiger partial charge in [-0.1, -0.05) is 12.1 Å². The van der Waals surface area contributed by atoms with Gasteiger partial charge < -0.3 is 15.0 Å². The van der Waals surface area contributed by atoms with Crippen LogP contribution in [0.15, 0.2) is 24.3 Å². The van der Waals surface area contributed by atoms with Crippen molar-refractivity contribution in [1.82, 2.24) is 10.2 Å². The van der Waals surface area contributed by atoms with Crippen LogP contribution in [0.4, 0.5) is 4.39 Å². The van der Waals surface area contributed by atoms with Crippen LogP contribution in [0.25, 0.3) is 0 Å². The van der Waals surface area contributed by atoms with Gasteiger partial charge in [-0.3, -0.25) is 0 Å². The lowest BCUT2D eigenvalue weighted by Gasteiger charge is -2.31. The Kier molecular flexibility index (Phi) is 5.76. The van der Waals surface area contributed by atoms with Gasteiger partial charge in [-0.2, -0.15) is 0 Å². The first-order valence-electron chi connectivity index (χ1n) is 7.01. The van der Waals surface area contributed by atoms with Crippen LogP contribution >= 0.6 is 0 Å². The van der Waals surface area contributed by atoms with E-state index in [9.17, 15) is 4.39 Å². The fraction of sp³-hybridized carbons (Fsp3) is 0.600. The molecule has 0 aliphatic carbocycles. The topological polar surface area (TPSA) is 24.5 Å². The molecule has 1 heterocycles. The first-order chi connectivity index (χ1) is 9.28. The highest BCUT2D eigenvalue weighted by molar-refractivity contribution is 5.14. The molecule has 0 radical (unpaired) electrons. The van der Waals surface area contributed by atoms with Crippen LogP contribution in [0.5, 0.6) is 0 Å². The molecule has 0 atom stereocenters. The van der Waals surface area contributed by atoms with Crippen molar-refractivity contribution in [3.63, 3.8) is 0 Å². The van der Waals surface area contributed by atoms with Gasteiger partial charge >= 0.3 is 0 Å². The fourth-order valence-electron chi connectivity index (χ4n) is 2.36. The number of halogens is 1. The van der Waals surface area contributed by atoms with Crippen LogP contribution in [0, 0.1) is 5.82 Å². The summed E-state index contributed by atoms with van der Waals surface area (Å²) in [4.78, 5) is 2.47. The molecule has 0 amide bonds. The van der Waals surface area contributed by atoms with Crippen molar-refractivity contribution in [3.05, 3.63) is 35.6 Å². The highest BCUT2D eigenvalue weighted by atomic mass is 19.1. The second-order valence-electron chi connectivity index (χ2n) is 5.08. The monoisotopic (exact) mass is 266 g/mol. The van der Waals surface area contributed by atoms with E-state index in [1.54, 1.807) is 12.1 Å². The number of nitrogens with one attached hydrogen (secondary N) is 1. The summed E-state index contributed by atoms with van der Waals surface area (Å²) in [5, 5.41) is 3.17. The van der Waals surface area contributed by atoms with Crippen LogP contribution in [-0.4, -0.2) is 44.2 Å². The number of piperidine rings is 1. The molecule has 1 aliphatic heterocycles. The van der Waals surface area contributed by atoms with E-state index in [0.29, 0.717) is 12.7 Å². The van der Waals surface area contributed by atoms with Crippen molar-refractivity contribution in [2.45, 2.75) is 25.6 Å². The highest BCUT2D eigenvalue weighted by Crippen LogP contribution is 2.15. The molecule has 0 bridgehead atoms. The Balaban J connectivity index is 1.67. The van der Waals surface area contributed by atoms with Crippen LogP contribution in [-0.2, 0) is 11.3 Å². The normalized spacial score (nSPS) is 17.8. The van der Waals surface area contributed by atoms with Crippen molar-refractivity contribution in [2.24, 2.45) is 0 Å². The van der Waals surface area contributed by atoms with E-state index in [1.807, 2.05) is 7.05 Å². The Labute approximate surface area is 114 Å². The van der Waals surface area contributed by atoms with Gasteiger partial charge in [0.05, 0.1) is 12.7 Å². The third-order valence-corrected chi connectivity index (χ3v) is 3.61. The minimum atomic E-state index is -0.193. The number of likely N-dealkylation sites (N-methyl/N-ethyl adjacent to an activating group) is 1. The van der Waals surface area contributed by atoms with Gasteiger partial charge in [0.1, 0.15) is 5.82 Å². The quantitative estimate of drug-likeness (QED) is 0.852. The summed E-state index contributed by atoms with van der Waals surface area (Å²) in [7, 11) is 1.98. The predicted octanol–water partition coefficient (Wildman–Crippen LogP) is 2.03. The molecule has 1 fully saturated rings. The number of ether oxygens (including phenoxy) is 1. The highest BCUT2D eigenvalue weighted by Gasteiger charge is 2.18. The SMILES string of the molecule is CNCCN1CCC(OCc2ccc(F)cc2)CC1. The molecule has 2 rings (SSSR count). The first-order valence-corrected chi connectivity index (χ1v) is 7.01. The molecule has 1 aromatic carbocycles. The lowest BCUT2D eigenvalue weighted by Crippen LogP contribution is -2.40. The fourth-order valence-corrected chi connectivity index (χ4v) is 2.36. The lowest BCUT2D eigenvalue weighted by molar-refractivity contribution is -0.00211. The number of benzene rings is 1. The van der Waals surface area contributed by atoms with Gasteiger partial charge in [0.15, 0.2) is 0 Å². The van der Waals surface area contributed by atoms with E-state index in [0.717, 1.165) is 44.6 Å². The maximum Gasteiger partial charge on any atom is 0.123 e. The summed E-state index contributed by atoms with van der Waals surface area (Å²) in [5.74, 6) is -0.193. The van der Waals surface area contributed by atoms with Crippen LogP contribution < -0.4 is 5.32 Å². The van der Waals surface area contributed by atoms with Crippen LogP contribution in [0.1, 0.15) is 18.4 Å². The molecule has 19 heavy (non-hydrogen) atoms. The Morgan fingerprint density at radius 2 is 1.95 bits per heavy atom. The smallest absolute Gasteiger partial charge is 0.123 e. The summed E-state index contributed by atoms with van der Waals surface area (Å²) in [5.41, 5.74) is 1.04. The third-order valence-electron chi connectivity index (χ3n) is 3.61. The maximum atomic E-state index is 12.8. The van der Waals surface area contributed by atoms with Gasteiger partial charge in [-0.15, -0.1) is 0 Å². The molecule has 1 N–H and O–H groups in total. The molecule has 0 aromatic heterocycles. The second kappa shape index (κ2) is 7.58. The van der Waals surface area contributed by atoms with E-state index in [1.165, 1.54) is 12.1 Å². The molecule has 0 spiro atoms. The number of hydrogen-bond donors (Lipinski definition) is 1. The molecule has 0 saturated carbocycles. The average molecular weight is 266 g/mol. The zero-order chi connectivity index (χ0) is 13.5. The molecule has 4 heteroatoms. The largest absolute Gasteiger partial charge is 0.373 e. The Morgan fingerprint density at radius 3 is 2.58 bits per heavy atom. The summed E-state index contributed by atoms with van der Waals surface area (Å²) in [6, 6.07) is 6.55. The molecule has 1 saturated heterocycles. The Hall–Kier alpha value is -0.970. The van der Waals surface area contributed by atoms with Crippen molar-refractivity contribution < 1.29 is 9.13 Å². The van der Waals surface area contributed by atoms with Crippen molar-refractivity contribution >= 4 is 0 Å². The summed E-state index contributed by atoms with van der Waals surface area (Å²) < 4.78 is 18.7. The van der Waals surface area contributed by atoms with Gasteiger partial charge in [0.2, 0.25) is 0 Å². The van der Waals surface area contributed by atoms with Crippen molar-refractivity contribution in [1.29, 1.82) is 0 Å². The molecule has 1 aromatic rings. The predicted molar refractivity (Wildman–Crippen MR) is 74.6 cm³/mol. The van der Waals surface area contributed by atoms with Crippen molar-refractivity contribution in [3.8, 4) is 0 Å². The first kappa shape index (κ1) is 14.4. The number of rotatable bonds is 6. The molecule has 3 nitrogen and oxygen atoms in total. The summed E-state index contributed by atoms with van der Waals surface area (Å²) in [6.07, 6.45) is 2.52. The average Bonchev–Trinajstić information content (AvgIpc) is 2.46. The standard InChI is InChI=1S/C15H23FN2O/c1-17-8-11-18-9-6-15(7-10-18)19-12-13-2-4-14(16)5-3-13/h2-5,15,17H,6-12H2,1H3. The molecule has 1 aliphatic rings. The second-order valence-corrected chi connectivity index (χ2v) is 5.08. The summed E-state index contributed by atoms with van der Waals surface area (Å²) in [6.45, 7) is 4.95. The number of hydrogen-bond acceptors (Lipinski definition) is 3. The van der Waals surface area contributed by atoms with Gasteiger partial charge in [-0.05, 0) is 37.6 Å². The molecule has 106 valence electrons. The lowest BCUT2D eigenvalue weighted by atomic mass is 10.1. The zero-order valence-electron chi connectivity index (χ0n) is 11.6. The minimum Gasteiger partial charge on any atom is -0.373 e. The van der Waals surface area contributed by atoms with E-state index in [2.05, 4.69) is 10.2 Å². The Morgan fingerprint density at radius 1 is 1.26 bits per heavy atom. The van der Waals surface area contributed by atoms with Crippen molar-refractivity contribution in [2.75, 3.05) is 33.2 Å². The van der Waals surface area contributed by atoms with E-state index in [4.69, 9.17) is 4.74 Å². The van der Waals surface area contributed by atoms with Crippen LogP contribution in [0.2, 0.25) is 0 Å². The summed E-state index contributed by atoms with van der Waals surface area (Å²) >= 11 is 0. The zero-order valence-corrected chi connectivity index (χ0v) is 11.6. The van der Waals surface area contributed by atoms with E-state index < -0.39 is 0 Å². The minimum absolute atomic E-state index is 0.193. The number of nitrogens with zero attached hydrogens (tertiary/aromatic N) is 1. The van der Waals surface area contributed by atoms with Crippen LogP contribution in [0.3, 0.4) is 0 Å². The third kappa shape index (κ3) is 4.90. The van der Waals surface area contributed by atoms with E-state index >= 15 is 0 Å². The molecule has 0 unspecified atom stereocenters. The Bertz CT molecular complexity index is 361. The van der Waals surface area contributed by atoms with Gasteiger partial charge in [-0.25, -0.2) is 4.39 Å². The molecular formula is C15H23FN2O. The van der Waals surface area contributed by atoms with Gasteiger partial charge in [0.25, 0.3) is 0 Å². The van der Waals surface area contributed by atoms with Gasteiger partial charge in [0, 0.05) is 26.2 Å². The number of likely N-dealkylation sites (tertiary alicyclic amines) is 1. The maximum absolute atomic E-state index is 12.8. The van der Waals surface area contributed by atoms with E-state index in [-0.39, 0.29) is 5.82 Å². The molecular weight excluding hydrogens is 243 g/mol.